The Balaban J connectivity index is 1.63. The maximum Gasteiger partial charge on any atom is 0.160 e. The number of piperidine rings is 1. The molecule has 0 aromatic carbocycles. The second-order valence-corrected chi connectivity index (χ2v) is 5.32. The van der Waals surface area contributed by atoms with Crippen LogP contribution >= 0.6 is 0 Å². The average Bonchev–Trinajstić information content (AvgIpc) is 2.94. The molecule has 4 nitrogen and oxygen atoms in total. The lowest BCUT2D eigenvalue weighted by Crippen LogP contribution is -2.42. The first kappa shape index (κ1) is 14.3. The molecule has 0 radical (unpaired) electrons. The van der Waals surface area contributed by atoms with E-state index in [9.17, 15) is 0 Å². The van der Waals surface area contributed by atoms with E-state index in [-0.39, 0.29) is 6.29 Å². The van der Waals surface area contributed by atoms with Crippen LogP contribution in [0.3, 0.4) is 0 Å². The Kier molecular flexibility index (Phi) is 5.89. The van der Waals surface area contributed by atoms with Crippen molar-refractivity contribution in [3.63, 3.8) is 0 Å². The molecule has 0 aromatic rings. The van der Waals surface area contributed by atoms with E-state index < -0.39 is 0 Å². The number of nitrogens with zero attached hydrogens (tertiary/aromatic N) is 2. The number of ether oxygens (including phenoxy) is 2. The molecule has 106 valence electrons. The molecule has 0 aromatic heterocycles. The van der Waals surface area contributed by atoms with Crippen molar-refractivity contribution in [1.29, 1.82) is 0 Å². The second-order valence-electron chi connectivity index (χ2n) is 5.32. The summed E-state index contributed by atoms with van der Waals surface area (Å²) in [6.45, 7) is 13.2. The van der Waals surface area contributed by atoms with Crippen LogP contribution in [0.25, 0.3) is 0 Å². The van der Waals surface area contributed by atoms with Crippen molar-refractivity contribution in [3.05, 3.63) is 0 Å². The predicted octanol–water partition coefficient (Wildman–Crippen LogP) is 1.41. The summed E-state index contributed by atoms with van der Waals surface area (Å²) in [5, 5.41) is 0. The number of rotatable bonds is 6. The molecule has 0 saturated carbocycles. The Bertz CT molecular complexity index is 220. The summed E-state index contributed by atoms with van der Waals surface area (Å²) in [5.41, 5.74) is 0. The third kappa shape index (κ3) is 3.92. The molecule has 18 heavy (non-hydrogen) atoms. The summed E-state index contributed by atoms with van der Waals surface area (Å²) in [4.78, 5) is 5.08. The molecule has 2 saturated heterocycles. The predicted molar refractivity (Wildman–Crippen MR) is 72.6 cm³/mol. The average molecular weight is 256 g/mol. The third-order valence-electron chi connectivity index (χ3n) is 4.29. The molecule has 2 heterocycles. The van der Waals surface area contributed by atoms with Gasteiger partial charge in [-0.2, -0.15) is 0 Å². The van der Waals surface area contributed by atoms with Crippen LogP contribution in [0.15, 0.2) is 0 Å². The van der Waals surface area contributed by atoms with Crippen molar-refractivity contribution in [2.75, 3.05) is 52.5 Å². The standard InChI is InChI=1S/C14H28N2O2/c1-3-15(4-2)9-10-16-7-5-13(6-8-16)14-17-11-12-18-14/h13-14H,3-12H2,1-2H3. The molecule has 0 aliphatic carbocycles. The minimum Gasteiger partial charge on any atom is -0.350 e. The van der Waals surface area contributed by atoms with Gasteiger partial charge in [0, 0.05) is 19.0 Å². The molecule has 2 rings (SSSR count). The Hall–Kier alpha value is -0.160. The summed E-state index contributed by atoms with van der Waals surface area (Å²) < 4.78 is 11.2. The number of likely N-dealkylation sites (N-methyl/N-ethyl adjacent to an activating group) is 1. The first-order chi connectivity index (χ1) is 8.83. The molecular formula is C14H28N2O2. The smallest absolute Gasteiger partial charge is 0.160 e. The van der Waals surface area contributed by atoms with Crippen LogP contribution in [0.1, 0.15) is 26.7 Å². The van der Waals surface area contributed by atoms with Crippen LogP contribution in [-0.2, 0) is 9.47 Å². The lowest BCUT2D eigenvalue weighted by molar-refractivity contribution is -0.0975. The van der Waals surface area contributed by atoms with Gasteiger partial charge in [0.2, 0.25) is 0 Å². The second kappa shape index (κ2) is 7.43. The van der Waals surface area contributed by atoms with E-state index in [0.29, 0.717) is 5.92 Å². The first-order valence-corrected chi connectivity index (χ1v) is 7.51. The maximum absolute atomic E-state index is 5.61. The van der Waals surface area contributed by atoms with E-state index in [1.807, 2.05) is 0 Å². The monoisotopic (exact) mass is 256 g/mol. The van der Waals surface area contributed by atoms with Gasteiger partial charge >= 0.3 is 0 Å². The van der Waals surface area contributed by atoms with E-state index in [0.717, 1.165) is 26.3 Å². The molecule has 0 unspecified atom stereocenters. The number of likely N-dealkylation sites (tertiary alicyclic amines) is 1. The SMILES string of the molecule is CCN(CC)CCN1CCC(C2OCCO2)CC1. The molecule has 0 N–H and O–H groups in total. The zero-order valence-corrected chi connectivity index (χ0v) is 11.9. The van der Waals surface area contributed by atoms with Crippen molar-refractivity contribution in [1.82, 2.24) is 9.80 Å². The summed E-state index contributed by atoms with van der Waals surface area (Å²) >= 11 is 0. The minimum atomic E-state index is 0.0925. The van der Waals surface area contributed by atoms with Gasteiger partial charge in [-0.15, -0.1) is 0 Å². The minimum absolute atomic E-state index is 0.0925. The van der Waals surface area contributed by atoms with E-state index >= 15 is 0 Å². The molecule has 2 fully saturated rings. The quantitative estimate of drug-likeness (QED) is 0.717. The van der Waals surface area contributed by atoms with Crippen LogP contribution in [0.5, 0.6) is 0 Å². The van der Waals surface area contributed by atoms with Gasteiger partial charge in [-0.3, -0.25) is 0 Å². The summed E-state index contributed by atoms with van der Waals surface area (Å²) in [6, 6.07) is 0. The number of hydrogen-bond acceptors (Lipinski definition) is 4. The highest BCUT2D eigenvalue weighted by Crippen LogP contribution is 2.25. The van der Waals surface area contributed by atoms with Crippen molar-refractivity contribution < 1.29 is 9.47 Å². The van der Waals surface area contributed by atoms with E-state index in [1.165, 1.54) is 39.0 Å². The van der Waals surface area contributed by atoms with E-state index in [1.54, 1.807) is 0 Å². The third-order valence-corrected chi connectivity index (χ3v) is 4.29. The van der Waals surface area contributed by atoms with Gasteiger partial charge in [-0.25, -0.2) is 0 Å². The molecule has 0 amide bonds. The highest BCUT2D eigenvalue weighted by atomic mass is 16.7. The van der Waals surface area contributed by atoms with Crippen molar-refractivity contribution in [2.24, 2.45) is 5.92 Å². The van der Waals surface area contributed by atoms with Crippen LogP contribution in [0, 0.1) is 5.92 Å². The van der Waals surface area contributed by atoms with Gasteiger partial charge in [0.25, 0.3) is 0 Å². The zero-order chi connectivity index (χ0) is 12.8. The van der Waals surface area contributed by atoms with Crippen LogP contribution < -0.4 is 0 Å². The highest BCUT2D eigenvalue weighted by Gasteiger charge is 2.30. The molecule has 0 atom stereocenters. The summed E-state index contributed by atoms with van der Waals surface area (Å²) in [6.07, 6.45) is 2.54. The molecule has 0 spiro atoms. The molecule has 4 heteroatoms. The van der Waals surface area contributed by atoms with Gasteiger partial charge in [0.15, 0.2) is 6.29 Å². The van der Waals surface area contributed by atoms with Gasteiger partial charge in [0.1, 0.15) is 0 Å². The Morgan fingerprint density at radius 1 is 1.06 bits per heavy atom. The largest absolute Gasteiger partial charge is 0.350 e. The van der Waals surface area contributed by atoms with Crippen molar-refractivity contribution >= 4 is 0 Å². The van der Waals surface area contributed by atoms with Gasteiger partial charge in [0.05, 0.1) is 13.2 Å². The van der Waals surface area contributed by atoms with Gasteiger partial charge in [-0.05, 0) is 39.0 Å². The zero-order valence-electron chi connectivity index (χ0n) is 11.9. The highest BCUT2D eigenvalue weighted by molar-refractivity contribution is 4.76. The van der Waals surface area contributed by atoms with E-state index in [2.05, 4.69) is 23.6 Å². The summed E-state index contributed by atoms with van der Waals surface area (Å²) in [7, 11) is 0. The summed E-state index contributed by atoms with van der Waals surface area (Å²) in [5.74, 6) is 0.622. The molecule has 0 bridgehead atoms. The Labute approximate surface area is 111 Å². The normalized spacial score (nSPS) is 24.2. The molecule has 2 aliphatic heterocycles. The van der Waals surface area contributed by atoms with Crippen molar-refractivity contribution in [2.45, 2.75) is 33.0 Å². The fraction of sp³-hybridized carbons (Fsp3) is 1.00. The van der Waals surface area contributed by atoms with E-state index in [4.69, 9.17) is 9.47 Å². The Morgan fingerprint density at radius 3 is 2.22 bits per heavy atom. The first-order valence-electron chi connectivity index (χ1n) is 7.51. The fourth-order valence-electron chi connectivity index (χ4n) is 2.92. The maximum atomic E-state index is 5.61. The Morgan fingerprint density at radius 2 is 1.67 bits per heavy atom. The lowest BCUT2D eigenvalue weighted by Gasteiger charge is -2.34. The topological polar surface area (TPSA) is 24.9 Å². The van der Waals surface area contributed by atoms with Crippen LogP contribution in [0.4, 0.5) is 0 Å². The number of hydrogen-bond donors (Lipinski definition) is 0. The van der Waals surface area contributed by atoms with Gasteiger partial charge < -0.3 is 19.3 Å². The van der Waals surface area contributed by atoms with Crippen LogP contribution in [0.2, 0.25) is 0 Å². The fourth-order valence-corrected chi connectivity index (χ4v) is 2.92. The van der Waals surface area contributed by atoms with Crippen LogP contribution in [-0.4, -0.2) is 68.6 Å². The lowest BCUT2D eigenvalue weighted by atomic mass is 9.96. The van der Waals surface area contributed by atoms with Gasteiger partial charge in [-0.1, -0.05) is 13.8 Å². The van der Waals surface area contributed by atoms with Crippen molar-refractivity contribution in [3.8, 4) is 0 Å². The molecular weight excluding hydrogens is 228 g/mol. The molecule has 2 aliphatic rings.